The third-order valence-corrected chi connectivity index (χ3v) is 27.8. The summed E-state index contributed by atoms with van der Waals surface area (Å²) in [5.41, 5.74) is 28.3. The first-order chi connectivity index (χ1) is 70.0. The van der Waals surface area contributed by atoms with E-state index in [-0.39, 0.29) is 82.3 Å². The molecule has 42 nitrogen and oxygen atoms in total. The standard InChI is InChI=1S/C30H31N7O4S.C25H23N7O2S.C12H11BrN4O2S.C12H9BrN4OS.C11H8BrN5OS.C5H4BrN3O2/c1-18-9-14-42-25(18)27-35-34-26(40-27)24-19(2)32-17-23(33-24)22-8-7-20(15-21(22)16-31)28(38)36-10-6-11-37(13-12-36)29(39)41-30(3,4)5;1-15-6-11-35-22(15)24-31-30-23(34-24)21-16(2)28-14-20(29-21)19-5-4-17(12-18(19)13-26)25(33)32-9-3-7-27-8-10-32;1-6-2-3-20-10(6)7(18)4-16-12(19)9-11(14)15-5-8(13)17-9;1-6-3-4-19-10(6)12-17-16-11(18-12)9-7(2)14-5-8(13)15-9;1-5-2-3-19-8(5)11-17-16-10(18-11)7-9(13)14-4-6(12)15-7;6-2-1-8-4(7)3(9-2)5(10)11/h7-9,14-15,17H,6,10-13H2,1-5H3;4-6,11-12,14,27H,3,7-10H2,1-2H3;2-3,5H,4H2,1H3,(H2,14,15)(H,16,19);3-5H,1-2H3;2-4H,1H3,(H2,13,14);1H,(H2,7,8)(H,10,11). The van der Waals surface area contributed by atoms with E-state index in [9.17, 15) is 39.3 Å². The molecule has 146 heavy (non-hydrogen) atoms. The number of benzene rings is 2. The Morgan fingerprint density at radius 1 is 0.438 bits per heavy atom. The van der Waals surface area contributed by atoms with Crippen molar-refractivity contribution in [1.29, 1.82) is 10.5 Å². The van der Waals surface area contributed by atoms with Crippen molar-refractivity contribution < 1.29 is 56.3 Å². The molecule has 4 amide bonds. The van der Waals surface area contributed by atoms with Gasteiger partial charge in [-0.2, -0.15) is 10.5 Å². The van der Waals surface area contributed by atoms with Gasteiger partial charge in [0.1, 0.15) is 41.1 Å². The Hall–Kier alpha value is -14.9. The van der Waals surface area contributed by atoms with E-state index in [1.54, 1.807) is 94.4 Å². The number of nitrogens with one attached hydrogen (secondary N) is 2. The van der Waals surface area contributed by atoms with Crippen LogP contribution >= 0.6 is 120 Å². The lowest BCUT2D eigenvalue weighted by Crippen LogP contribution is -2.40. The Labute approximate surface area is 886 Å². The molecule has 2 aliphatic rings. The summed E-state index contributed by atoms with van der Waals surface area (Å²) in [7, 11) is 0. The Morgan fingerprint density at radius 3 is 1.23 bits per heavy atom. The molecule has 0 bridgehead atoms. The number of nitrogen functional groups attached to an aromatic ring is 3. The number of aryl methyl sites for hydroxylation is 8. The topological polar surface area (TPSA) is 602 Å². The molecule has 0 saturated carbocycles. The first-order valence-electron chi connectivity index (χ1n) is 44.0. The number of ether oxygens (including phenoxy) is 1. The number of thiophene rings is 5. The molecule has 17 heterocycles. The number of carboxylic acid groups (broad SMARTS) is 1. The lowest BCUT2D eigenvalue weighted by atomic mass is 10.0. The molecule has 2 aliphatic heterocycles. The number of aromatic nitrogens is 20. The van der Waals surface area contributed by atoms with E-state index >= 15 is 0 Å². The summed E-state index contributed by atoms with van der Waals surface area (Å²) in [6, 6.07) is 24.3. The molecule has 0 radical (unpaired) electrons. The maximum absolute atomic E-state index is 13.4. The van der Waals surface area contributed by atoms with Crippen LogP contribution in [0.15, 0.2) is 167 Å². The highest BCUT2D eigenvalue weighted by molar-refractivity contribution is 9.11. The van der Waals surface area contributed by atoms with E-state index in [0.717, 1.165) is 72.5 Å². The SMILES string of the molecule is Cc1ccsc1-c1nnc(-c2nc(-c3ccc(C(=O)N4CCCN(C(=O)OC(C)(C)C)CC4)cc3C#N)cnc2C)o1.Cc1ccsc1-c1nnc(-c2nc(-c3ccc(C(=O)N4CCCNCC4)cc3C#N)cnc2C)o1.Cc1ccsc1-c1nnc(-c2nc(Br)cnc2C)o1.Cc1ccsc1-c1nnc(-c2nc(Br)cnc2N)o1.Cc1ccsc1C(=O)CNC(=O)c1nc(Br)cnc1N.Nc1ncc(Br)nc1C(=O)O. The third kappa shape index (κ3) is 26.8. The second-order valence-electron chi connectivity index (χ2n) is 32.8. The highest BCUT2D eigenvalue weighted by atomic mass is 79.9. The maximum atomic E-state index is 13.4. The lowest BCUT2D eigenvalue weighted by Gasteiger charge is -2.26. The molecule has 15 aromatic heterocycles. The minimum atomic E-state index is -1.18. The molecule has 0 unspecified atom stereocenters. The van der Waals surface area contributed by atoms with E-state index < -0.39 is 17.5 Å². The number of carbonyl (C=O) groups excluding carboxylic acids is 5. The van der Waals surface area contributed by atoms with Gasteiger partial charge in [-0.3, -0.25) is 34.1 Å². The molecule has 9 N–H and O–H groups in total. The predicted octanol–water partition coefficient (Wildman–Crippen LogP) is 18.2. The van der Waals surface area contributed by atoms with Crippen LogP contribution in [0, 0.1) is 78.1 Å². The van der Waals surface area contributed by atoms with Crippen LogP contribution < -0.4 is 27.8 Å². The van der Waals surface area contributed by atoms with Crippen LogP contribution in [0.3, 0.4) is 0 Å². The summed E-state index contributed by atoms with van der Waals surface area (Å²) in [5.74, 6) is 1.01. The van der Waals surface area contributed by atoms with Crippen molar-refractivity contribution in [2.45, 2.75) is 94.6 Å². The summed E-state index contributed by atoms with van der Waals surface area (Å²) >= 11 is 20.1. The maximum Gasteiger partial charge on any atom is 0.410 e. The number of nitrogens with zero attached hydrogens (tertiary/aromatic N) is 25. The van der Waals surface area contributed by atoms with Gasteiger partial charge in [-0.15, -0.1) is 97.5 Å². The second-order valence-corrected chi connectivity index (χ2v) is 40.6. The van der Waals surface area contributed by atoms with Crippen molar-refractivity contribution in [2.75, 3.05) is 76.1 Å². The number of Topliss-reactive ketones (excluding diaryl/α,β-unsaturated/α-hetero) is 1. The van der Waals surface area contributed by atoms with E-state index in [2.05, 4.69) is 177 Å². The number of anilines is 3. The quantitative estimate of drug-likeness (QED) is 0.0461. The van der Waals surface area contributed by atoms with Gasteiger partial charge < -0.3 is 70.0 Å². The zero-order chi connectivity index (χ0) is 104. The number of ketones is 1. The summed E-state index contributed by atoms with van der Waals surface area (Å²) in [4.78, 5) is 133. The van der Waals surface area contributed by atoms with Gasteiger partial charge in [0, 0.05) is 68.1 Å². The van der Waals surface area contributed by atoms with Crippen LogP contribution in [0.4, 0.5) is 22.2 Å². The normalized spacial score (nSPS) is 12.3. The van der Waals surface area contributed by atoms with Crippen molar-refractivity contribution in [3.8, 4) is 124 Å². The number of carbonyl (C=O) groups is 6. The van der Waals surface area contributed by atoms with E-state index in [4.69, 9.17) is 54.7 Å². The summed E-state index contributed by atoms with van der Waals surface area (Å²) in [6.07, 6.45) is 10.2. The molecule has 0 atom stereocenters. The molecular formula is C95H86Br4N30O12S5. The highest BCUT2D eigenvalue weighted by Gasteiger charge is 2.31. The number of rotatable bonds is 17. The minimum Gasteiger partial charge on any atom is -0.476 e. The summed E-state index contributed by atoms with van der Waals surface area (Å²) in [6.45, 7) is 25.4. The average Bonchev–Trinajstić information content (AvgIpc) is 1.85. The molecule has 51 heteroatoms. The van der Waals surface area contributed by atoms with Gasteiger partial charge >= 0.3 is 12.1 Å². The zero-order valence-corrected chi connectivity index (χ0v) is 89.8. The Morgan fingerprint density at radius 2 is 0.808 bits per heavy atom. The number of aromatic carboxylic acids is 1. The van der Waals surface area contributed by atoms with E-state index in [1.165, 1.54) is 52.6 Å². The highest BCUT2D eigenvalue weighted by Crippen LogP contribution is 2.38. The van der Waals surface area contributed by atoms with Crippen LogP contribution in [-0.4, -0.2) is 220 Å². The van der Waals surface area contributed by atoms with Gasteiger partial charge in [-0.1, -0.05) is 12.1 Å². The van der Waals surface area contributed by atoms with Crippen molar-refractivity contribution in [2.24, 2.45) is 0 Å². The van der Waals surface area contributed by atoms with Crippen molar-refractivity contribution in [3.05, 3.63) is 233 Å². The Kier molecular flexibility index (Phi) is 35.6. The van der Waals surface area contributed by atoms with Gasteiger partial charge in [0.2, 0.25) is 0 Å². The number of hydrogen-bond donors (Lipinski definition) is 6. The molecule has 2 aromatic carbocycles. The van der Waals surface area contributed by atoms with Gasteiger partial charge in [0.25, 0.3) is 64.8 Å². The molecular weight excluding hydrogens is 2230 g/mol. The minimum absolute atomic E-state index is 0.00456. The monoisotopic (exact) mass is 2310 g/mol. The number of nitriles is 2. The first-order valence-corrected chi connectivity index (χ1v) is 51.5. The fraction of sp³-hybridized carbons (Fsp3) is 0.242. The predicted molar refractivity (Wildman–Crippen MR) is 561 cm³/mol. The van der Waals surface area contributed by atoms with Crippen molar-refractivity contribution in [3.63, 3.8) is 0 Å². The van der Waals surface area contributed by atoms with Gasteiger partial charge in [-0.05, 0) is 269 Å². The molecule has 2 saturated heterocycles. The van der Waals surface area contributed by atoms with Gasteiger partial charge in [0.15, 0.2) is 40.3 Å². The number of halogens is 4. The van der Waals surface area contributed by atoms with Crippen LogP contribution in [0.5, 0.6) is 0 Å². The Bertz CT molecular complexity index is 7630. The molecule has 2 fully saturated rings. The molecule has 19 rings (SSSR count). The van der Waals surface area contributed by atoms with E-state index in [1.807, 2.05) is 131 Å². The second kappa shape index (κ2) is 48.6. The van der Waals surface area contributed by atoms with Crippen LogP contribution in [0.2, 0.25) is 0 Å². The Balaban J connectivity index is 0.000000145. The smallest absolute Gasteiger partial charge is 0.410 e. The molecule has 0 aliphatic carbocycles. The number of nitrogens with two attached hydrogens (primary N) is 3. The summed E-state index contributed by atoms with van der Waals surface area (Å²) < 4.78 is 30.6. The van der Waals surface area contributed by atoms with Crippen LogP contribution in [-0.2, 0) is 4.74 Å². The number of amides is 4. The van der Waals surface area contributed by atoms with Crippen LogP contribution in [0.1, 0.15) is 141 Å². The van der Waals surface area contributed by atoms with E-state index in [0.29, 0.717) is 172 Å². The average molecular weight is 2320 g/mol. The first kappa shape index (κ1) is 107. The fourth-order valence-electron chi connectivity index (χ4n) is 13.8. The molecule has 17 aromatic rings. The summed E-state index contributed by atoms with van der Waals surface area (Å²) in [5, 5.41) is 76.7. The van der Waals surface area contributed by atoms with Crippen molar-refractivity contribution >= 4 is 173 Å². The lowest BCUT2D eigenvalue weighted by molar-refractivity contribution is 0.0255. The molecule has 0 spiro atoms. The number of carboxylic acids is 1. The largest absolute Gasteiger partial charge is 0.476 e. The fourth-order valence-corrected chi connectivity index (χ4v) is 19.2. The van der Waals surface area contributed by atoms with Gasteiger partial charge in [-0.25, -0.2) is 54.4 Å². The van der Waals surface area contributed by atoms with Crippen LogP contribution in [0.25, 0.3) is 112 Å². The van der Waals surface area contributed by atoms with Gasteiger partial charge in [0.05, 0.1) is 120 Å². The number of hydrogen-bond acceptors (Lipinski definition) is 42. The van der Waals surface area contributed by atoms with Crippen molar-refractivity contribution in [1.82, 2.24) is 126 Å². The third-order valence-electron chi connectivity index (χ3n) is 21.2. The zero-order valence-electron chi connectivity index (χ0n) is 79.4. The molecule has 746 valence electrons.